The molecule has 3 rings (SSSR count). The summed E-state index contributed by atoms with van der Waals surface area (Å²) in [6.45, 7) is 3.24. The van der Waals surface area contributed by atoms with Gasteiger partial charge in [-0.1, -0.05) is 54.6 Å². The number of aromatic nitrogens is 2. The Bertz CT molecular complexity index is 792. The minimum absolute atomic E-state index is 0.215. The molecular weight excluding hydrogens is 300 g/mol. The molecule has 1 aromatic heterocycles. The van der Waals surface area contributed by atoms with Crippen LogP contribution in [0.3, 0.4) is 0 Å². The van der Waals surface area contributed by atoms with Crippen molar-refractivity contribution in [3.63, 3.8) is 0 Å². The van der Waals surface area contributed by atoms with Gasteiger partial charge in [0.2, 0.25) is 6.33 Å². The van der Waals surface area contributed by atoms with Gasteiger partial charge in [0.15, 0.2) is 6.54 Å². The number of ether oxygens (including phenoxy) is 1. The van der Waals surface area contributed by atoms with Gasteiger partial charge in [0.1, 0.15) is 18.9 Å². The first-order valence-electron chi connectivity index (χ1n) is 8.09. The summed E-state index contributed by atoms with van der Waals surface area (Å²) in [7, 11) is 0. The van der Waals surface area contributed by atoms with Crippen molar-refractivity contribution >= 4 is 5.97 Å². The minimum Gasteiger partial charge on any atom is -0.463 e. The van der Waals surface area contributed by atoms with Crippen molar-refractivity contribution in [3.8, 4) is 11.1 Å². The molecule has 0 aliphatic carbocycles. The van der Waals surface area contributed by atoms with Crippen LogP contribution in [0.25, 0.3) is 11.1 Å². The first-order valence-corrected chi connectivity index (χ1v) is 8.09. The van der Waals surface area contributed by atoms with Gasteiger partial charge >= 0.3 is 5.97 Å². The van der Waals surface area contributed by atoms with Gasteiger partial charge in [-0.3, -0.25) is 0 Å². The molecular formula is C20H21N2O2+. The summed E-state index contributed by atoms with van der Waals surface area (Å²) in [6.07, 6.45) is 5.77. The second-order valence-electron chi connectivity index (χ2n) is 5.63. The van der Waals surface area contributed by atoms with E-state index in [1.54, 1.807) is 0 Å². The Morgan fingerprint density at radius 2 is 1.75 bits per heavy atom. The van der Waals surface area contributed by atoms with E-state index in [1.165, 1.54) is 16.7 Å². The standard InChI is InChI=1S/C20H21N2O2/c1-2-24-20(23)15-22-13-12-21(16-22)14-17-8-10-19(11-9-17)18-6-4-3-5-7-18/h3-13,16H,2,14-15H2,1H3/q+1. The van der Waals surface area contributed by atoms with Gasteiger partial charge in [-0.25, -0.2) is 13.9 Å². The van der Waals surface area contributed by atoms with Crippen molar-refractivity contribution in [1.29, 1.82) is 0 Å². The van der Waals surface area contributed by atoms with E-state index in [0.717, 1.165) is 6.54 Å². The van der Waals surface area contributed by atoms with Gasteiger partial charge in [-0.2, -0.15) is 0 Å². The third kappa shape index (κ3) is 4.10. The summed E-state index contributed by atoms with van der Waals surface area (Å²) in [5.74, 6) is -0.215. The second kappa shape index (κ2) is 7.59. The Hall–Kier alpha value is -2.88. The van der Waals surface area contributed by atoms with Crippen LogP contribution in [0.15, 0.2) is 73.3 Å². The van der Waals surface area contributed by atoms with Crippen LogP contribution in [0.4, 0.5) is 0 Å². The molecule has 0 amide bonds. The quantitative estimate of drug-likeness (QED) is 0.517. The average Bonchev–Trinajstić information content (AvgIpc) is 3.03. The number of hydrogen-bond donors (Lipinski definition) is 0. The van der Waals surface area contributed by atoms with Crippen LogP contribution in [0.5, 0.6) is 0 Å². The maximum absolute atomic E-state index is 11.5. The van der Waals surface area contributed by atoms with E-state index in [2.05, 4.69) is 41.0 Å². The zero-order valence-electron chi connectivity index (χ0n) is 13.8. The van der Waals surface area contributed by atoms with Crippen LogP contribution in [0.1, 0.15) is 12.5 Å². The van der Waals surface area contributed by atoms with Crippen molar-refractivity contribution in [2.75, 3.05) is 6.61 Å². The molecule has 24 heavy (non-hydrogen) atoms. The highest BCUT2D eigenvalue weighted by Crippen LogP contribution is 2.19. The third-order valence-electron chi connectivity index (χ3n) is 3.79. The highest BCUT2D eigenvalue weighted by atomic mass is 16.5. The number of nitrogens with zero attached hydrogens (tertiary/aromatic N) is 2. The lowest BCUT2D eigenvalue weighted by Gasteiger charge is -2.03. The molecule has 4 nitrogen and oxygen atoms in total. The minimum atomic E-state index is -0.215. The zero-order valence-corrected chi connectivity index (χ0v) is 13.8. The number of carbonyl (C=O) groups is 1. The molecule has 0 spiro atoms. The molecule has 122 valence electrons. The Kier molecular flexibility index (Phi) is 5.06. The van der Waals surface area contributed by atoms with E-state index in [4.69, 9.17) is 4.74 Å². The maximum Gasteiger partial charge on any atom is 0.348 e. The van der Waals surface area contributed by atoms with Crippen LogP contribution in [-0.2, 0) is 22.6 Å². The molecule has 0 atom stereocenters. The van der Waals surface area contributed by atoms with Crippen molar-refractivity contribution in [3.05, 3.63) is 78.9 Å². The van der Waals surface area contributed by atoms with Crippen LogP contribution >= 0.6 is 0 Å². The smallest absolute Gasteiger partial charge is 0.348 e. The summed E-state index contributed by atoms with van der Waals surface area (Å²) >= 11 is 0. The maximum atomic E-state index is 11.5. The third-order valence-corrected chi connectivity index (χ3v) is 3.79. The lowest BCUT2D eigenvalue weighted by Crippen LogP contribution is -2.31. The Morgan fingerprint density at radius 3 is 2.46 bits per heavy atom. The van der Waals surface area contributed by atoms with Crippen LogP contribution in [0.2, 0.25) is 0 Å². The topological polar surface area (TPSA) is 35.1 Å². The van der Waals surface area contributed by atoms with E-state index >= 15 is 0 Å². The van der Waals surface area contributed by atoms with Gasteiger partial charge in [0, 0.05) is 0 Å². The molecule has 4 heteroatoms. The fraction of sp³-hybridized carbons (Fsp3) is 0.200. The molecule has 0 radical (unpaired) electrons. The number of benzene rings is 2. The Balaban J connectivity index is 1.64. The van der Waals surface area contributed by atoms with Crippen molar-refractivity contribution in [1.82, 2.24) is 4.57 Å². The van der Waals surface area contributed by atoms with Gasteiger partial charge < -0.3 is 4.74 Å². The first kappa shape index (κ1) is 16.0. The molecule has 0 aliphatic rings. The van der Waals surface area contributed by atoms with E-state index in [9.17, 15) is 4.79 Å². The van der Waals surface area contributed by atoms with E-state index in [1.807, 2.05) is 48.4 Å². The summed E-state index contributed by atoms with van der Waals surface area (Å²) < 4.78 is 8.84. The van der Waals surface area contributed by atoms with Gasteiger partial charge in [0.25, 0.3) is 0 Å². The highest BCUT2D eigenvalue weighted by molar-refractivity contribution is 5.69. The normalized spacial score (nSPS) is 10.5. The molecule has 0 saturated carbocycles. The van der Waals surface area contributed by atoms with Crippen molar-refractivity contribution < 1.29 is 14.1 Å². The van der Waals surface area contributed by atoms with E-state index < -0.39 is 0 Å². The second-order valence-corrected chi connectivity index (χ2v) is 5.63. The lowest BCUT2D eigenvalue weighted by molar-refractivity contribution is -0.687. The van der Waals surface area contributed by atoms with Crippen LogP contribution in [0, 0.1) is 0 Å². The summed E-state index contributed by atoms with van der Waals surface area (Å²) in [5.41, 5.74) is 3.65. The lowest BCUT2D eigenvalue weighted by atomic mass is 10.0. The predicted octanol–water partition coefficient (Wildman–Crippen LogP) is 3.05. The average molecular weight is 321 g/mol. The number of carbonyl (C=O) groups excluding carboxylic acids is 1. The Morgan fingerprint density at radius 1 is 1.04 bits per heavy atom. The van der Waals surface area contributed by atoms with E-state index in [-0.39, 0.29) is 12.5 Å². The fourth-order valence-electron chi connectivity index (χ4n) is 2.63. The van der Waals surface area contributed by atoms with Gasteiger partial charge in [-0.05, 0) is 23.6 Å². The molecule has 0 bridgehead atoms. The molecule has 0 aliphatic heterocycles. The predicted molar refractivity (Wildman–Crippen MR) is 92.2 cm³/mol. The number of rotatable bonds is 6. The number of imidazole rings is 1. The van der Waals surface area contributed by atoms with Crippen LogP contribution in [-0.4, -0.2) is 17.1 Å². The summed E-state index contributed by atoms with van der Waals surface area (Å²) in [5, 5.41) is 0. The largest absolute Gasteiger partial charge is 0.463 e. The summed E-state index contributed by atoms with van der Waals surface area (Å²) in [6, 6.07) is 18.9. The highest BCUT2D eigenvalue weighted by Gasteiger charge is 2.10. The summed E-state index contributed by atoms with van der Waals surface area (Å²) in [4.78, 5) is 11.5. The van der Waals surface area contributed by atoms with Gasteiger partial charge in [-0.15, -0.1) is 0 Å². The molecule has 1 heterocycles. The van der Waals surface area contributed by atoms with Gasteiger partial charge in [0.05, 0.1) is 6.61 Å². The molecule has 2 aromatic carbocycles. The molecule has 3 aromatic rings. The van der Waals surface area contributed by atoms with E-state index in [0.29, 0.717) is 6.61 Å². The first-order chi connectivity index (χ1) is 11.7. The fourth-order valence-corrected chi connectivity index (χ4v) is 2.63. The van der Waals surface area contributed by atoms with Crippen LogP contribution < -0.4 is 4.57 Å². The molecule has 0 N–H and O–H groups in total. The zero-order chi connectivity index (χ0) is 16.8. The molecule has 0 fully saturated rings. The molecule has 0 saturated heterocycles. The van der Waals surface area contributed by atoms with Crippen molar-refractivity contribution in [2.24, 2.45) is 0 Å². The monoisotopic (exact) mass is 321 g/mol. The molecule has 0 unspecified atom stereocenters. The Labute approximate surface area is 141 Å². The number of hydrogen-bond acceptors (Lipinski definition) is 2. The van der Waals surface area contributed by atoms with Crippen molar-refractivity contribution in [2.45, 2.75) is 20.0 Å². The number of esters is 1. The SMILES string of the molecule is CCOC(=O)Cn1cc[n+](Cc2ccc(-c3ccccc3)cc2)c1.